The molecule has 2 aromatic heterocycles. The largest absolute Gasteiger partial charge is 0.358 e. The zero-order valence-corrected chi connectivity index (χ0v) is 13.6. The van der Waals surface area contributed by atoms with Crippen LogP contribution in [0.4, 0.5) is 0 Å². The van der Waals surface area contributed by atoms with Crippen molar-refractivity contribution in [2.45, 2.75) is 13.0 Å². The number of hydrogen-bond donors (Lipinski definition) is 2. The lowest BCUT2D eigenvalue weighted by Crippen LogP contribution is -2.45. The van der Waals surface area contributed by atoms with Crippen molar-refractivity contribution < 1.29 is 0 Å². The van der Waals surface area contributed by atoms with Crippen molar-refractivity contribution >= 4 is 22.2 Å². The molecule has 0 saturated carbocycles. The molecule has 4 heteroatoms. The molecule has 0 radical (unpaired) electrons. The van der Waals surface area contributed by atoms with Crippen molar-refractivity contribution in [3.05, 3.63) is 57.9 Å². The van der Waals surface area contributed by atoms with Crippen LogP contribution in [0.2, 0.25) is 0 Å². The lowest BCUT2D eigenvalue weighted by Gasteiger charge is -2.35. The van der Waals surface area contributed by atoms with E-state index in [1.54, 1.807) is 0 Å². The Balaban J connectivity index is 1.87. The molecule has 3 nitrogen and oxygen atoms in total. The van der Waals surface area contributed by atoms with Gasteiger partial charge in [0.25, 0.3) is 0 Å². The number of piperazine rings is 1. The van der Waals surface area contributed by atoms with Crippen LogP contribution >= 0.6 is 11.3 Å². The number of aromatic nitrogens is 1. The van der Waals surface area contributed by atoms with Crippen molar-refractivity contribution in [1.29, 1.82) is 0 Å². The van der Waals surface area contributed by atoms with E-state index in [4.69, 9.17) is 0 Å². The van der Waals surface area contributed by atoms with Gasteiger partial charge in [-0.25, -0.2) is 0 Å². The van der Waals surface area contributed by atoms with Gasteiger partial charge >= 0.3 is 0 Å². The van der Waals surface area contributed by atoms with Gasteiger partial charge < -0.3 is 10.3 Å². The molecule has 1 aromatic carbocycles. The van der Waals surface area contributed by atoms with Crippen molar-refractivity contribution in [2.24, 2.45) is 0 Å². The molecule has 1 aliphatic rings. The Kier molecular flexibility index (Phi) is 3.74. The maximum atomic E-state index is 3.57. The first-order valence-corrected chi connectivity index (χ1v) is 8.78. The van der Waals surface area contributed by atoms with Crippen LogP contribution in [-0.4, -0.2) is 36.1 Å². The van der Waals surface area contributed by atoms with Gasteiger partial charge in [0, 0.05) is 53.2 Å². The average Bonchev–Trinajstić information content (AvgIpc) is 3.18. The van der Waals surface area contributed by atoms with E-state index in [-0.39, 0.29) is 0 Å². The Morgan fingerprint density at radius 1 is 1.09 bits per heavy atom. The van der Waals surface area contributed by atoms with Gasteiger partial charge in [0.2, 0.25) is 0 Å². The summed E-state index contributed by atoms with van der Waals surface area (Å²) in [6, 6.07) is 13.5. The van der Waals surface area contributed by atoms with Crippen LogP contribution in [0.3, 0.4) is 0 Å². The third-order valence-corrected chi connectivity index (χ3v) is 5.47. The molecule has 0 aliphatic carbocycles. The fraction of sp³-hybridized carbons (Fsp3) is 0.333. The second-order valence-electron chi connectivity index (χ2n) is 5.91. The van der Waals surface area contributed by atoms with Gasteiger partial charge in [-0.15, -0.1) is 11.3 Å². The first-order chi connectivity index (χ1) is 10.8. The zero-order chi connectivity index (χ0) is 14.9. The highest BCUT2D eigenvalue weighted by Crippen LogP contribution is 2.37. The molecule has 1 saturated heterocycles. The monoisotopic (exact) mass is 311 g/mol. The quantitative estimate of drug-likeness (QED) is 0.775. The van der Waals surface area contributed by atoms with Gasteiger partial charge in [0.1, 0.15) is 0 Å². The van der Waals surface area contributed by atoms with Gasteiger partial charge in [0.15, 0.2) is 0 Å². The van der Waals surface area contributed by atoms with Crippen molar-refractivity contribution in [3.8, 4) is 0 Å². The SMILES string of the molecule is Cc1[nH]c2ccccc2c1[C@@H](c1cccs1)N1CCNCC1. The number of benzene rings is 1. The normalized spacial score (nSPS) is 17.9. The highest BCUT2D eigenvalue weighted by Gasteiger charge is 2.28. The van der Waals surface area contributed by atoms with E-state index in [9.17, 15) is 0 Å². The molecule has 22 heavy (non-hydrogen) atoms. The fourth-order valence-electron chi connectivity index (χ4n) is 3.54. The minimum atomic E-state index is 0.359. The first-order valence-electron chi connectivity index (χ1n) is 7.90. The summed E-state index contributed by atoms with van der Waals surface area (Å²) in [6.07, 6.45) is 0. The smallest absolute Gasteiger partial charge is 0.0720 e. The van der Waals surface area contributed by atoms with E-state index in [0.29, 0.717) is 6.04 Å². The Labute approximate surface area is 135 Å². The van der Waals surface area contributed by atoms with Crippen LogP contribution in [0, 0.1) is 6.92 Å². The Bertz CT molecular complexity index is 754. The molecule has 1 atom stereocenters. The van der Waals surface area contributed by atoms with Gasteiger partial charge in [-0.05, 0) is 24.4 Å². The highest BCUT2D eigenvalue weighted by molar-refractivity contribution is 7.10. The van der Waals surface area contributed by atoms with E-state index in [0.717, 1.165) is 26.2 Å². The molecule has 1 fully saturated rings. The number of nitrogens with one attached hydrogen (secondary N) is 2. The maximum absolute atomic E-state index is 3.57. The summed E-state index contributed by atoms with van der Waals surface area (Å²) in [6.45, 7) is 6.55. The Hall–Kier alpha value is -1.62. The van der Waals surface area contributed by atoms with Gasteiger partial charge in [-0.2, -0.15) is 0 Å². The van der Waals surface area contributed by atoms with Crippen LogP contribution in [-0.2, 0) is 0 Å². The average molecular weight is 311 g/mol. The lowest BCUT2D eigenvalue weighted by molar-refractivity contribution is 0.201. The van der Waals surface area contributed by atoms with Gasteiger partial charge in [-0.1, -0.05) is 24.3 Å². The Morgan fingerprint density at radius 3 is 2.68 bits per heavy atom. The molecule has 3 aromatic rings. The van der Waals surface area contributed by atoms with Crippen LogP contribution in [0.5, 0.6) is 0 Å². The summed E-state index contributed by atoms with van der Waals surface area (Å²) in [4.78, 5) is 7.63. The molecular formula is C18H21N3S. The number of rotatable bonds is 3. The third-order valence-electron chi connectivity index (χ3n) is 4.55. The van der Waals surface area contributed by atoms with Crippen LogP contribution in [0.25, 0.3) is 10.9 Å². The van der Waals surface area contributed by atoms with Gasteiger partial charge in [-0.3, -0.25) is 4.90 Å². The maximum Gasteiger partial charge on any atom is 0.0720 e. The van der Waals surface area contributed by atoms with E-state index < -0.39 is 0 Å². The van der Waals surface area contributed by atoms with Gasteiger partial charge in [0.05, 0.1) is 6.04 Å². The van der Waals surface area contributed by atoms with E-state index in [1.807, 2.05) is 11.3 Å². The van der Waals surface area contributed by atoms with Crippen LogP contribution < -0.4 is 5.32 Å². The predicted molar refractivity (Wildman–Crippen MR) is 93.6 cm³/mol. The number of aryl methyl sites for hydroxylation is 1. The molecule has 0 spiro atoms. The number of fused-ring (bicyclic) bond motifs is 1. The topological polar surface area (TPSA) is 31.1 Å². The van der Waals surface area contributed by atoms with E-state index >= 15 is 0 Å². The molecule has 0 amide bonds. The summed E-state index contributed by atoms with van der Waals surface area (Å²) in [5, 5.41) is 7.01. The molecule has 3 heterocycles. The first kappa shape index (κ1) is 14.0. The Morgan fingerprint density at radius 2 is 1.91 bits per heavy atom. The number of nitrogens with zero attached hydrogens (tertiary/aromatic N) is 1. The highest BCUT2D eigenvalue weighted by atomic mass is 32.1. The van der Waals surface area contributed by atoms with Crippen molar-refractivity contribution in [1.82, 2.24) is 15.2 Å². The lowest BCUT2D eigenvalue weighted by atomic mass is 9.99. The summed E-state index contributed by atoms with van der Waals surface area (Å²) >= 11 is 1.86. The number of aromatic amines is 1. The molecule has 4 rings (SSSR count). The molecule has 1 aliphatic heterocycles. The predicted octanol–water partition coefficient (Wildman–Crippen LogP) is 3.53. The second kappa shape index (κ2) is 5.88. The number of H-pyrrole nitrogens is 1. The standard InChI is InChI=1S/C18H21N3S/c1-13-17(14-5-2-3-6-15(14)20-13)18(16-7-4-12-22-16)21-10-8-19-9-11-21/h2-7,12,18-20H,8-11H2,1H3/t18-/m1/s1. The zero-order valence-electron chi connectivity index (χ0n) is 12.8. The number of para-hydroxylation sites is 1. The van der Waals surface area contributed by atoms with Crippen molar-refractivity contribution in [3.63, 3.8) is 0 Å². The summed E-state index contributed by atoms with van der Waals surface area (Å²) < 4.78 is 0. The van der Waals surface area contributed by atoms with Crippen LogP contribution in [0.1, 0.15) is 22.2 Å². The summed E-state index contributed by atoms with van der Waals surface area (Å²) in [5.74, 6) is 0. The summed E-state index contributed by atoms with van der Waals surface area (Å²) in [5.41, 5.74) is 3.98. The minimum Gasteiger partial charge on any atom is -0.358 e. The van der Waals surface area contributed by atoms with Crippen molar-refractivity contribution in [2.75, 3.05) is 26.2 Å². The summed E-state index contributed by atoms with van der Waals surface area (Å²) in [7, 11) is 0. The number of thiophene rings is 1. The van der Waals surface area contributed by atoms with Crippen LogP contribution in [0.15, 0.2) is 41.8 Å². The third kappa shape index (κ3) is 2.37. The van der Waals surface area contributed by atoms with E-state index in [2.05, 4.69) is 63.9 Å². The molecule has 114 valence electrons. The fourth-order valence-corrected chi connectivity index (χ4v) is 4.41. The molecule has 2 N–H and O–H groups in total. The number of hydrogen-bond acceptors (Lipinski definition) is 3. The molecule has 0 unspecified atom stereocenters. The molecular weight excluding hydrogens is 290 g/mol. The minimum absolute atomic E-state index is 0.359. The molecule has 0 bridgehead atoms. The second-order valence-corrected chi connectivity index (χ2v) is 6.89. The van der Waals surface area contributed by atoms with E-state index in [1.165, 1.54) is 27.0 Å².